The Morgan fingerprint density at radius 3 is 2.79 bits per heavy atom. The number of carbonyl (C=O) groups excluding carboxylic acids is 2. The number of hydrogen-bond donors (Lipinski definition) is 1. The zero-order chi connectivity index (χ0) is 19.7. The van der Waals surface area contributed by atoms with Gasteiger partial charge >= 0.3 is 0 Å². The van der Waals surface area contributed by atoms with Crippen LogP contribution in [0.3, 0.4) is 0 Å². The molecule has 6 heteroatoms. The van der Waals surface area contributed by atoms with E-state index >= 15 is 0 Å². The van der Waals surface area contributed by atoms with Crippen molar-refractivity contribution in [3.05, 3.63) is 65.1 Å². The largest absolute Gasteiger partial charge is 0.365 e. The Bertz CT molecular complexity index is 956. The third-order valence-corrected chi connectivity index (χ3v) is 6.21. The molecule has 1 saturated heterocycles. The van der Waals surface area contributed by atoms with Crippen molar-refractivity contribution in [2.75, 3.05) is 29.9 Å². The Morgan fingerprint density at radius 2 is 2.00 bits per heavy atom. The first-order chi connectivity index (χ1) is 13.5. The standard InChI is InChI=1S/C22H23N3O2S/c1-15-6-5-7-17(12-15)25-11-10-24(14-16(25)2)21(26)13-20-22(27)23-18-8-3-4-9-19(18)28-20/h3-9,12-13,16H,10-11,14H2,1-2H3,(H,23,27). The lowest BCUT2D eigenvalue weighted by atomic mass is 10.1. The summed E-state index contributed by atoms with van der Waals surface area (Å²) in [5.74, 6) is -0.323. The summed E-state index contributed by atoms with van der Waals surface area (Å²) < 4.78 is 0. The van der Waals surface area contributed by atoms with E-state index in [1.54, 1.807) is 0 Å². The summed E-state index contributed by atoms with van der Waals surface area (Å²) in [4.78, 5) is 30.7. The van der Waals surface area contributed by atoms with E-state index in [1.807, 2.05) is 29.2 Å². The van der Waals surface area contributed by atoms with Crippen LogP contribution in [0.5, 0.6) is 0 Å². The quantitative estimate of drug-likeness (QED) is 0.791. The van der Waals surface area contributed by atoms with Crippen molar-refractivity contribution in [2.24, 2.45) is 0 Å². The van der Waals surface area contributed by atoms with Crippen LogP contribution in [-0.4, -0.2) is 42.4 Å². The van der Waals surface area contributed by atoms with Gasteiger partial charge in [0.05, 0.1) is 10.6 Å². The summed E-state index contributed by atoms with van der Waals surface area (Å²) in [7, 11) is 0. The molecule has 1 atom stereocenters. The molecule has 144 valence electrons. The van der Waals surface area contributed by atoms with Gasteiger partial charge in [0.1, 0.15) is 0 Å². The highest BCUT2D eigenvalue weighted by Gasteiger charge is 2.28. The summed E-state index contributed by atoms with van der Waals surface area (Å²) >= 11 is 1.35. The Hall–Kier alpha value is -2.73. The molecule has 2 aliphatic rings. The molecule has 4 rings (SSSR count). The van der Waals surface area contributed by atoms with Gasteiger partial charge in [0.25, 0.3) is 5.91 Å². The average Bonchev–Trinajstić information content (AvgIpc) is 2.68. The molecule has 28 heavy (non-hydrogen) atoms. The number of para-hydroxylation sites is 1. The number of fused-ring (bicyclic) bond motifs is 1. The fourth-order valence-electron chi connectivity index (χ4n) is 3.65. The number of anilines is 2. The molecule has 0 spiro atoms. The molecule has 2 aromatic carbocycles. The first-order valence-corrected chi connectivity index (χ1v) is 10.2. The molecular formula is C22H23N3O2S. The van der Waals surface area contributed by atoms with Crippen molar-refractivity contribution in [1.82, 2.24) is 4.90 Å². The first-order valence-electron chi connectivity index (χ1n) is 9.43. The zero-order valence-electron chi connectivity index (χ0n) is 16.0. The molecule has 0 radical (unpaired) electrons. The summed E-state index contributed by atoms with van der Waals surface area (Å²) in [6.07, 6.45) is 1.48. The molecule has 0 bridgehead atoms. The minimum Gasteiger partial charge on any atom is -0.365 e. The second-order valence-electron chi connectivity index (χ2n) is 7.23. The molecule has 1 fully saturated rings. The third kappa shape index (κ3) is 3.78. The first kappa shape index (κ1) is 18.6. The van der Waals surface area contributed by atoms with Gasteiger partial charge in [-0.1, -0.05) is 36.0 Å². The minimum absolute atomic E-state index is 0.104. The van der Waals surface area contributed by atoms with Crippen LogP contribution in [0.4, 0.5) is 11.4 Å². The molecule has 1 N–H and O–H groups in total. The smallest absolute Gasteiger partial charge is 0.262 e. The topological polar surface area (TPSA) is 52.6 Å². The van der Waals surface area contributed by atoms with Crippen LogP contribution >= 0.6 is 11.8 Å². The number of hydrogen-bond acceptors (Lipinski definition) is 4. The normalized spacial score (nSPS) is 20.7. The minimum atomic E-state index is -0.219. The Balaban J connectivity index is 1.45. The predicted molar refractivity (Wildman–Crippen MR) is 114 cm³/mol. The number of piperazine rings is 1. The molecule has 2 heterocycles. The maximum atomic E-state index is 12.8. The Labute approximate surface area is 169 Å². The molecular weight excluding hydrogens is 370 g/mol. The van der Waals surface area contributed by atoms with Crippen LogP contribution in [0.2, 0.25) is 0 Å². The number of aryl methyl sites for hydroxylation is 1. The summed E-state index contributed by atoms with van der Waals surface area (Å²) in [5, 5.41) is 2.85. The zero-order valence-corrected chi connectivity index (χ0v) is 16.8. The number of nitrogens with one attached hydrogen (secondary N) is 1. The Morgan fingerprint density at radius 1 is 1.18 bits per heavy atom. The lowest BCUT2D eigenvalue weighted by Crippen LogP contribution is -2.53. The van der Waals surface area contributed by atoms with Crippen LogP contribution in [0, 0.1) is 6.92 Å². The lowest BCUT2D eigenvalue weighted by Gasteiger charge is -2.41. The molecule has 2 amide bonds. The third-order valence-electron chi connectivity index (χ3n) is 5.11. The summed E-state index contributed by atoms with van der Waals surface area (Å²) in [6, 6.07) is 16.3. The summed E-state index contributed by atoms with van der Waals surface area (Å²) in [5.41, 5.74) is 3.22. The number of carbonyl (C=O) groups is 2. The van der Waals surface area contributed by atoms with Gasteiger partial charge in [0, 0.05) is 42.3 Å². The van der Waals surface area contributed by atoms with Gasteiger partial charge in [-0.2, -0.15) is 0 Å². The fraction of sp³-hybridized carbons (Fsp3) is 0.273. The van der Waals surface area contributed by atoms with E-state index in [2.05, 4.69) is 48.3 Å². The van der Waals surface area contributed by atoms with Crippen molar-refractivity contribution in [3.63, 3.8) is 0 Å². The van der Waals surface area contributed by atoms with Crippen LogP contribution in [0.1, 0.15) is 12.5 Å². The van der Waals surface area contributed by atoms with E-state index in [1.165, 1.54) is 29.1 Å². The number of rotatable bonds is 2. The highest BCUT2D eigenvalue weighted by Crippen LogP contribution is 2.37. The lowest BCUT2D eigenvalue weighted by molar-refractivity contribution is -0.127. The highest BCUT2D eigenvalue weighted by molar-refractivity contribution is 8.04. The maximum absolute atomic E-state index is 12.8. The summed E-state index contributed by atoms with van der Waals surface area (Å²) in [6.45, 7) is 6.28. The van der Waals surface area contributed by atoms with Gasteiger partial charge in [-0.3, -0.25) is 9.59 Å². The van der Waals surface area contributed by atoms with Crippen LogP contribution in [0.15, 0.2) is 64.4 Å². The molecule has 0 aliphatic carbocycles. The second kappa shape index (κ2) is 7.72. The number of amides is 2. The van der Waals surface area contributed by atoms with Gasteiger partial charge in [-0.05, 0) is 43.7 Å². The van der Waals surface area contributed by atoms with Crippen LogP contribution < -0.4 is 10.2 Å². The number of benzene rings is 2. The number of thioether (sulfide) groups is 1. The van der Waals surface area contributed by atoms with Crippen molar-refractivity contribution in [2.45, 2.75) is 24.8 Å². The molecule has 2 aliphatic heterocycles. The fourth-order valence-corrected chi connectivity index (χ4v) is 4.57. The van der Waals surface area contributed by atoms with E-state index in [0.717, 1.165) is 17.1 Å². The van der Waals surface area contributed by atoms with E-state index in [0.29, 0.717) is 18.0 Å². The molecule has 0 saturated carbocycles. The highest BCUT2D eigenvalue weighted by atomic mass is 32.2. The van der Waals surface area contributed by atoms with Gasteiger partial charge in [0.2, 0.25) is 5.91 Å². The molecule has 5 nitrogen and oxygen atoms in total. The average molecular weight is 394 g/mol. The van der Waals surface area contributed by atoms with E-state index in [4.69, 9.17) is 0 Å². The van der Waals surface area contributed by atoms with Gasteiger partial charge < -0.3 is 15.1 Å². The SMILES string of the molecule is Cc1cccc(N2CCN(C(=O)C=C3Sc4ccccc4NC3=O)CC2C)c1. The van der Waals surface area contributed by atoms with Crippen LogP contribution in [0.25, 0.3) is 0 Å². The van der Waals surface area contributed by atoms with E-state index in [-0.39, 0.29) is 17.9 Å². The van der Waals surface area contributed by atoms with Gasteiger partial charge in [0.15, 0.2) is 0 Å². The van der Waals surface area contributed by atoms with Crippen LogP contribution in [-0.2, 0) is 9.59 Å². The Kier molecular flexibility index (Phi) is 5.13. The predicted octanol–water partition coefficient (Wildman–Crippen LogP) is 3.66. The van der Waals surface area contributed by atoms with Crippen molar-refractivity contribution in [1.29, 1.82) is 0 Å². The van der Waals surface area contributed by atoms with Crippen molar-refractivity contribution < 1.29 is 9.59 Å². The van der Waals surface area contributed by atoms with Gasteiger partial charge in [-0.15, -0.1) is 0 Å². The monoisotopic (exact) mass is 393 g/mol. The second-order valence-corrected chi connectivity index (χ2v) is 8.31. The molecule has 2 aromatic rings. The van der Waals surface area contributed by atoms with Crippen molar-refractivity contribution >= 4 is 35.0 Å². The van der Waals surface area contributed by atoms with E-state index < -0.39 is 0 Å². The maximum Gasteiger partial charge on any atom is 0.262 e. The molecule has 1 unspecified atom stereocenters. The van der Waals surface area contributed by atoms with E-state index in [9.17, 15) is 9.59 Å². The van der Waals surface area contributed by atoms with Crippen molar-refractivity contribution in [3.8, 4) is 0 Å². The number of nitrogens with zero attached hydrogens (tertiary/aromatic N) is 2. The molecule has 0 aromatic heterocycles. The van der Waals surface area contributed by atoms with Gasteiger partial charge in [-0.25, -0.2) is 0 Å².